The standard InChI is InChI=1S/C14H15N/c1-10-8-9-13(15)11(2)14(10)12-6-4-3-5-7-12/h3-9H,15H2,1-2H3. The molecule has 0 spiro atoms. The molecule has 1 heteroatoms. The Bertz CT molecular complexity index is 472. The highest BCUT2D eigenvalue weighted by Gasteiger charge is 2.06. The number of nitrogen functional groups attached to an aromatic ring is 1. The van der Waals surface area contributed by atoms with Crippen molar-refractivity contribution < 1.29 is 0 Å². The van der Waals surface area contributed by atoms with Crippen molar-refractivity contribution in [3.63, 3.8) is 0 Å². The molecule has 0 aromatic heterocycles. The molecule has 0 saturated carbocycles. The van der Waals surface area contributed by atoms with Crippen molar-refractivity contribution in [2.45, 2.75) is 13.8 Å². The summed E-state index contributed by atoms with van der Waals surface area (Å²) in [6.45, 7) is 4.19. The van der Waals surface area contributed by atoms with E-state index in [1.54, 1.807) is 0 Å². The molecule has 0 aliphatic heterocycles. The second kappa shape index (κ2) is 3.77. The highest BCUT2D eigenvalue weighted by molar-refractivity contribution is 5.75. The zero-order valence-corrected chi connectivity index (χ0v) is 9.12. The van der Waals surface area contributed by atoms with Crippen LogP contribution in [0.5, 0.6) is 0 Å². The summed E-state index contributed by atoms with van der Waals surface area (Å²) in [5.41, 5.74) is 11.7. The Morgan fingerprint density at radius 3 is 2.20 bits per heavy atom. The minimum Gasteiger partial charge on any atom is -0.398 e. The van der Waals surface area contributed by atoms with Crippen LogP contribution in [0.1, 0.15) is 11.1 Å². The van der Waals surface area contributed by atoms with Gasteiger partial charge in [-0.2, -0.15) is 0 Å². The van der Waals surface area contributed by atoms with Crippen LogP contribution in [0.2, 0.25) is 0 Å². The summed E-state index contributed by atoms with van der Waals surface area (Å²) < 4.78 is 0. The van der Waals surface area contributed by atoms with E-state index in [0.717, 1.165) is 5.69 Å². The molecule has 0 heterocycles. The summed E-state index contributed by atoms with van der Waals surface area (Å²) in [6.07, 6.45) is 0. The molecule has 0 fully saturated rings. The maximum atomic E-state index is 5.93. The van der Waals surface area contributed by atoms with Gasteiger partial charge in [0, 0.05) is 5.69 Å². The topological polar surface area (TPSA) is 26.0 Å². The lowest BCUT2D eigenvalue weighted by atomic mass is 9.95. The molecule has 15 heavy (non-hydrogen) atoms. The van der Waals surface area contributed by atoms with Crippen LogP contribution in [0.25, 0.3) is 11.1 Å². The molecule has 2 N–H and O–H groups in total. The fourth-order valence-electron chi connectivity index (χ4n) is 1.91. The van der Waals surface area contributed by atoms with E-state index in [4.69, 9.17) is 5.73 Å². The second-order valence-corrected chi connectivity index (χ2v) is 3.84. The highest BCUT2D eigenvalue weighted by atomic mass is 14.6. The molecule has 0 unspecified atom stereocenters. The molecule has 0 bridgehead atoms. The first-order valence-corrected chi connectivity index (χ1v) is 5.11. The van der Waals surface area contributed by atoms with Crippen LogP contribution >= 0.6 is 0 Å². The Hall–Kier alpha value is -1.76. The van der Waals surface area contributed by atoms with Crippen LogP contribution in [0.3, 0.4) is 0 Å². The van der Waals surface area contributed by atoms with Gasteiger partial charge in [0.25, 0.3) is 0 Å². The van der Waals surface area contributed by atoms with Crippen molar-refractivity contribution >= 4 is 5.69 Å². The third-order valence-electron chi connectivity index (χ3n) is 2.78. The molecular weight excluding hydrogens is 182 g/mol. The van der Waals surface area contributed by atoms with E-state index in [9.17, 15) is 0 Å². The van der Waals surface area contributed by atoms with Gasteiger partial charge in [0.1, 0.15) is 0 Å². The minimum atomic E-state index is 0.861. The quantitative estimate of drug-likeness (QED) is 0.695. The third kappa shape index (κ3) is 1.73. The van der Waals surface area contributed by atoms with Crippen molar-refractivity contribution in [2.24, 2.45) is 0 Å². The van der Waals surface area contributed by atoms with E-state index in [1.807, 2.05) is 12.1 Å². The molecule has 0 aliphatic carbocycles. The minimum absolute atomic E-state index is 0.861. The molecule has 0 atom stereocenters. The molecule has 0 saturated heterocycles. The maximum absolute atomic E-state index is 5.93. The number of hydrogen-bond acceptors (Lipinski definition) is 1. The SMILES string of the molecule is Cc1ccc(N)c(C)c1-c1ccccc1. The second-order valence-electron chi connectivity index (χ2n) is 3.84. The van der Waals surface area contributed by atoms with Gasteiger partial charge in [-0.1, -0.05) is 36.4 Å². The number of aryl methyl sites for hydroxylation is 1. The molecule has 0 aliphatic rings. The zero-order valence-electron chi connectivity index (χ0n) is 9.12. The first-order chi connectivity index (χ1) is 7.20. The Labute approximate surface area is 90.6 Å². The first kappa shape index (κ1) is 9.78. The Morgan fingerprint density at radius 1 is 0.867 bits per heavy atom. The monoisotopic (exact) mass is 197 g/mol. The smallest absolute Gasteiger partial charge is 0.0350 e. The Kier molecular flexibility index (Phi) is 2.46. The fourth-order valence-corrected chi connectivity index (χ4v) is 1.91. The molecule has 1 nitrogen and oxygen atoms in total. The molecule has 76 valence electrons. The molecule has 0 amide bonds. The highest BCUT2D eigenvalue weighted by Crippen LogP contribution is 2.30. The van der Waals surface area contributed by atoms with E-state index in [0.29, 0.717) is 0 Å². The van der Waals surface area contributed by atoms with Crippen molar-refractivity contribution in [1.82, 2.24) is 0 Å². The first-order valence-electron chi connectivity index (χ1n) is 5.11. The third-order valence-corrected chi connectivity index (χ3v) is 2.78. The summed E-state index contributed by atoms with van der Waals surface area (Å²) in [7, 11) is 0. The van der Waals surface area contributed by atoms with Crippen LogP contribution < -0.4 is 5.73 Å². The van der Waals surface area contributed by atoms with E-state index in [1.165, 1.54) is 22.3 Å². The largest absolute Gasteiger partial charge is 0.398 e. The number of benzene rings is 2. The fraction of sp³-hybridized carbons (Fsp3) is 0.143. The normalized spacial score (nSPS) is 10.3. The van der Waals surface area contributed by atoms with Crippen LogP contribution in [-0.2, 0) is 0 Å². The van der Waals surface area contributed by atoms with E-state index < -0.39 is 0 Å². The van der Waals surface area contributed by atoms with Gasteiger partial charge in [-0.3, -0.25) is 0 Å². The molecule has 0 radical (unpaired) electrons. The average molecular weight is 197 g/mol. The van der Waals surface area contributed by atoms with Gasteiger partial charge in [-0.05, 0) is 42.2 Å². The summed E-state index contributed by atoms with van der Waals surface area (Å²) >= 11 is 0. The molecule has 2 aromatic carbocycles. The number of hydrogen-bond donors (Lipinski definition) is 1. The maximum Gasteiger partial charge on any atom is 0.0350 e. The predicted molar refractivity (Wildman–Crippen MR) is 65.8 cm³/mol. The summed E-state index contributed by atoms with van der Waals surface area (Å²) in [6, 6.07) is 14.4. The summed E-state index contributed by atoms with van der Waals surface area (Å²) in [5.74, 6) is 0. The summed E-state index contributed by atoms with van der Waals surface area (Å²) in [4.78, 5) is 0. The van der Waals surface area contributed by atoms with Crippen LogP contribution in [-0.4, -0.2) is 0 Å². The summed E-state index contributed by atoms with van der Waals surface area (Å²) in [5, 5.41) is 0. The molecule has 2 rings (SSSR count). The van der Waals surface area contributed by atoms with Crippen molar-refractivity contribution in [3.05, 3.63) is 53.6 Å². The van der Waals surface area contributed by atoms with Crippen molar-refractivity contribution in [2.75, 3.05) is 5.73 Å². The Balaban J connectivity index is 2.68. The van der Waals surface area contributed by atoms with Crippen LogP contribution in [0.4, 0.5) is 5.69 Å². The van der Waals surface area contributed by atoms with Gasteiger partial charge < -0.3 is 5.73 Å². The lowest BCUT2D eigenvalue weighted by molar-refractivity contribution is 1.38. The van der Waals surface area contributed by atoms with Gasteiger partial charge in [0.15, 0.2) is 0 Å². The predicted octanol–water partition coefficient (Wildman–Crippen LogP) is 3.55. The number of anilines is 1. The molecular formula is C14H15N. The van der Waals surface area contributed by atoms with Gasteiger partial charge >= 0.3 is 0 Å². The van der Waals surface area contributed by atoms with Crippen molar-refractivity contribution in [1.29, 1.82) is 0 Å². The van der Waals surface area contributed by atoms with Crippen molar-refractivity contribution in [3.8, 4) is 11.1 Å². The average Bonchev–Trinajstić information content (AvgIpc) is 2.26. The number of nitrogens with two attached hydrogens (primary N) is 1. The zero-order chi connectivity index (χ0) is 10.8. The van der Waals surface area contributed by atoms with Gasteiger partial charge in [-0.15, -0.1) is 0 Å². The van der Waals surface area contributed by atoms with Gasteiger partial charge in [-0.25, -0.2) is 0 Å². The van der Waals surface area contributed by atoms with E-state index in [2.05, 4.69) is 44.2 Å². The lowest BCUT2D eigenvalue weighted by Crippen LogP contribution is -1.94. The Morgan fingerprint density at radius 2 is 1.53 bits per heavy atom. The van der Waals surface area contributed by atoms with E-state index >= 15 is 0 Å². The van der Waals surface area contributed by atoms with Gasteiger partial charge in [0.05, 0.1) is 0 Å². The lowest BCUT2D eigenvalue weighted by Gasteiger charge is -2.12. The van der Waals surface area contributed by atoms with Gasteiger partial charge in [0.2, 0.25) is 0 Å². The van der Waals surface area contributed by atoms with E-state index in [-0.39, 0.29) is 0 Å². The molecule has 2 aromatic rings. The van der Waals surface area contributed by atoms with Crippen LogP contribution in [0, 0.1) is 13.8 Å². The van der Waals surface area contributed by atoms with Crippen LogP contribution in [0.15, 0.2) is 42.5 Å². The number of rotatable bonds is 1.